The first-order valence-corrected chi connectivity index (χ1v) is 8.05. The summed E-state index contributed by atoms with van der Waals surface area (Å²) in [7, 11) is 0. The molecule has 1 aliphatic heterocycles. The number of hydrogen-bond donors (Lipinski definition) is 2. The first-order valence-electron chi connectivity index (χ1n) is 6.65. The fourth-order valence-corrected chi connectivity index (χ4v) is 2.87. The van der Waals surface area contributed by atoms with Crippen LogP contribution in [-0.4, -0.2) is 71.6 Å². The third kappa shape index (κ3) is 4.66. The van der Waals surface area contributed by atoms with E-state index in [1.807, 2.05) is 11.8 Å². The zero-order valence-electron chi connectivity index (χ0n) is 11.5. The molecule has 0 bridgehead atoms. The highest BCUT2D eigenvalue weighted by Gasteiger charge is 2.25. The minimum absolute atomic E-state index is 0.0864. The Labute approximate surface area is 114 Å². The predicted molar refractivity (Wildman–Crippen MR) is 78.5 cm³/mol. The summed E-state index contributed by atoms with van der Waals surface area (Å²) in [6, 6.07) is 0.0864. The van der Waals surface area contributed by atoms with Crippen LogP contribution < -0.4 is 5.73 Å². The lowest BCUT2D eigenvalue weighted by Gasteiger charge is -2.38. The Bertz CT molecular complexity index is 254. The number of thioether (sulfide) groups is 1. The molecular formula is C12H26N4OS. The molecule has 0 saturated carbocycles. The van der Waals surface area contributed by atoms with Gasteiger partial charge in [-0.3, -0.25) is 4.90 Å². The van der Waals surface area contributed by atoms with E-state index in [4.69, 9.17) is 10.9 Å². The number of hydrogen-bond acceptors (Lipinski definition) is 5. The molecule has 106 valence electrons. The molecule has 1 unspecified atom stereocenters. The molecule has 1 atom stereocenters. The van der Waals surface area contributed by atoms with Crippen molar-refractivity contribution in [3.8, 4) is 0 Å². The molecule has 5 nitrogen and oxygen atoms in total. The van der Waals surface area contributed by atoms with Gasteiger partial charge in [-0.15, -0.1) is 0 Å². The Balaban J connectivity index is 2.33. The second-order valence-electron chi connectivity index (χ2n) is 4.67. The van der Waals surface area contributed by atoms with Crippen molar-refractivity contribution in [1.29, 1.82) is 0 Å². The van der Waals surface area contributed by atoms with Gasteiger partial charge in [0.25, 0.3) is 0 Å². The second kappa shape index (κ2) is 8.61. The van der Waals surface area contributed by atoms with E-state index >= 15 is 0 Å². The van der Waals surface area contributed by atoms with E-state index in [0.29, 0.717) is 5.84 Å². The topological polar surface area (TPSA) is 65.1 Å². The van der Waals surface area contributed by atoms with Crippen molar-refractivity contribution < 1.29 is 5.21 Å². The predicted octanol–water partition coefficient (Wildman–Crippen LogP) is 0.882. The third-order valence-electron chi connectivity index (χ3n) is 3.51. The third-order valence-corrected chi connectivity index (χ3v) is 4.21. The summed E-state index contributed by atoms with van der Waals surface area (Å²) in [5, 5.41) is 11.9. The maximum Gasteiger partial charge on any atom is 0.156 e. The van der Waals surface area contributed by atoms with Crippen molar-refractivity contribution in [2.24, 2.45) is 10.9 Å². The Morgan fingerprint density at radius 3 is 2.56 bits per heavy atom. The number of nitrogens with two attached hydrogens (primary N) is 1. The van der Waals surface area contributed by atoms with Gasteiger partial charge in [-0.05, 0) is 31.4 Å². The Kier molecular flexibility index (Phi) is 7.46. The summed E-state index contributed by atoms with van der Waals surface area (Å²) < 4.78 is 0. The van der Waals surface area contributed by atoms with Crippen LogP contribution in [0.15, 0.2) is 5.16 Å². The number of oxime groups is 1. The van der Waals surface area contributed by atoms with Crippen LogP contribution in [0.3, 0.4) is 0 Å². The molecule has 0 aromatic carbocycles. The Morgan fingerprint density at radius 2 is 2.06 bits per heavy atom. The Morgan fingerprint density at radius 1 is 1.39 bits per heavy atom. The van der Waals surface area contributed by atoms with Gasteiger partial charge in [-0.1, -0.05) is 12.1 Å². The van der Waals surface area contributed by atoms with Crippen molar-refractivity contribution in [2.75, 3.05) is 44.7 Å². The molecule has 1 heterocycles. The number of rotatable bonds is 7. The van der Waals surface area contributed by atoms with Crippen LogP contribution in [0, 0.1) is 0 Å². The maximum absolute atomic E-state index is 8.79. The minimum atomic E-state index is 0.0864. The lowest BCUT2D eigenvalue weighted by Crippen LogP contribution is -2.54. The highest BCUT2D eigenvalue weighted by molar-refractivity contribution is 7.98. The molecule has 3 N–H and O–H groups in total. The van der Waals surface area contributed by atoms with E-state index in [0.717, 1.165) is 32.6 Å². The molecule has 0 radical (unpaired) electrons. The van der Waals surface area contributed by atoms with Gasteiger partial charge in [0.1, 0.15) is 0 Å². The normalized spacial score (nSPS) is 21.1. The maximum atomic E-state index is 8.79. The van der Waals surface area contributed by atoms with Gasteiger partial charge < -0.3 is 15.8 Å². The molecule has 1 saturated heterocycles. The summed E-state index contributed by atoms with van der Waals surface area (Å²) in [4.78, 5) is 4.83. The van der Waals surface area contributed by atoms with Crippen LogP contribution in [0.5, 0.6) is 0 Å². The molecule has 1 aliphatic rings. The smallest absolute Gasteiger partial charge is 0.156 e. The van der Waals surface area contributed by atoms with E-state index in [9.17, 15) is 0 Å². The van der Waals surface area contributed by atoms with Crippen molar-refractivity contribution in [2.45, 2.75) is 25.8 Å². The van der Waals surface area contributed by atoms with E-state index in [-0.39, 0.29) is 6.04 Å². The van der Waals surface area contributed by atoms with Gasteiger partial charge in [0.15, 0.2) is 5.84 Å². The summed E-state index contributed by atoms with van der Waals surface area (Å²) in [6.45, 7) is 7.46. The highest BCUT2D eigenvalue weighted by atomic mass is 32.2. The fourth-order valence-electron chi connectivity index (χ4n) is 2.45. The zero-order chi connectivity index (χ0) is 13.4. The van der Waals surface area contributed by atoms with Crippen molar-refractivity contribution in [1.82, 2.24) is 9.80 Å². The summed E-state index contributed by atoms with van der Waals surface area (Å²) in [5.41, 5.74) is 5.73. The molecule has 6 heteroatoms. The molecule has 0 aromatic heterocycles. The molecular weight excluding hydrogens is 248 g/mol. The molecule has 0 spiro atoms. The van der Waals surface area contributed by atoms with Crippen LogP contribution in [-0.2, 0) is 0 Å². The average Bonchev–Trinajstić information content (AvgIpc) is 2.41. The first-order chi connectivity index (χ1) is 8.72. The van der Waals surface area contributed by atoms with Crippen molar-refractivity contribution in [3.63, 3.8) is 0 Å². The number of nitrogens with zero attached hydrogens (tertiary/aromatic N) is 3. The van der Waals surface area contributed by atoms with Gasteiger partial charge in [-0.2, -0.15) is 11.8 Å². The van der Waals surface area contributed by atoms with Crippen LogP contribution >= 0.6 is 11.8 Å². The van der Waals surface area contributed by atoms with Gasteiger partial charge in [-0.25, -0.2) is 0 Å². The standard InChI is InChI=1S/C12H26N4OS/c1-3-11(12(13)14-17)16-8-6-15(7-9-16)5-4-10-18-2/h11,17H,3-10H2,1-2H3,(H2,13,14). The van der Waals surface area contributed by atoms with Crippen molar-refractivity contribution in [3.05, 3.63) is 0 Å². The quantitative estimate of drug-likeness (QED) is 0.237. The van der Waals surface area contributed by atoms with E-state index < -0.39 is 0 Å². The molecule has 0 aliphatic carbocycles. The monoisotopic (exact) mass is 274 g/mol. The summed E-state index contributed by atoms with van der Waals surface area (Å²) >= 11 is 1.91. The van der Waals surface area contributed by atoms with Gasteiger partial charge in [0.05, 0.1) is 6.04 Å². The van der Waals surface area contributed by atoms with Gasteiger partial charge in [0, 0.05) is 26.2 Å². The largest absolute Gasteiger partial charge is 0.409 e. The second-order valence-corrected chi connectivity index (χ2v) is 5.66. The van der Waals surface area contributed by atoms with Crippen LogP contribution in [0.2, 0.25) is 0 Å². The summed E-state index contributed by atoms with van der Waals surface area (Å²) in [6.07, 6.45) is 4.31. The minimum Gasteiger partial charge on any atom is -0.409 e. The zero-order valence-corrected chi connectivity index (χ0v) is 12.3. The highest BCUT2D eigenvalue weighted by Crippen LogP contribution is 2.10. The van der Waals surface area contributed by atoms with Crippen molar-refractivity contribution >= 4 is 17.6 Å². The van der Waals surface area contributed by atoms with E-state index in [2.05, 4.69) is 28.1 Å². The number of piperazine rings is 1. The molecule has 0 aromatic rings. The number of amidine groups is 1. The van der Waals surface area contributed by atoms with Crippen LogP contribution in [0.4, 0.5) is 0 Å². The van der Waals surface area contributed by atoms with E-state index in [1.165, 1.54) is 18.7 Å². The molecule has 0 amide bonds. The van der Waals surface area contributed by atoms with E-state index in [1.54, 1.807) is 0 Å². The molecule has 18 heavy (non-hydrogen) atoms. The molecule has 1 fully saturated rings. The van der Waals surface area contributed by atoms with Gasteiger partial charge >= 0.3 is 0 Å². The first kappa shape index (κ1) is 15.6. The fraction of sp³-hybridized carbons (Fsp3) is 0.917. The van der Waals surface area contributed by atoms with Gasteiger partial charge in [0.2, 0.25) is 0 Å². The Hall–Kier alpha value is -0.460. The summed E-state index contributed by atoms with van der Waals surface area (Å²) in [5.74, 6) is 1.58. The SMILES string of the molecule is CCC(C(N)=NO)N1CCN(CCCSC)CC1. The average molecular weight is 274 g/mol. The molecule has 1 rings (SSSR count). The lowest BCUT2D eigenvalue weighted by molar-refractivity contribution is 0.115. The lowest BCUT2D eigenvalue weighted by atomic mass is 10.1. The van der Waals surface area contributed by atoms with Crippen LogP contribution in [0.25, 0.3) is 0 Å². The van der Waals surface area contributed by atoms with Crippen LogP contribution in [0.1, 0.15) is 19.8 Å².